The summed E-state index contributed by atoms with van der Waals surface area (Å²) in [6, 6.07) is 10.3. The lowest BCUT2D eigenvalue weighted by molar-refractivity contribution is -0.133. The number of aromatic amines is 1. The van der Waals surface area contributed by atoms with Gasteiger partial charge in [-0.1, -0.05) is 18.2 Å². The molecular weight excluding hydrogens is 204 g/mol. The first-order chi connectivity index (χ1) is 7.77. The van der Waals surface area contributed by atoms with Gasteiger partial charge in [-0.15, -0.1) is 0 Å². The first kappa shape index (κ1) is 10.2. The Morgan fingerprint density at radius 3 is 2.38 bits per heavy atom. The van der Waals surface area contributed by atoms with Crippen molar-refractivity contribution in [2.24, 2.45) is 0 Å². The number of hydrogen-bond acceptors (Lipinski definition) is 2. The van der Waals surface area contributed by atoms with E-state index in [1.165, 1.54) is 23.2 Å². The molecule has 16 heavy (non-hydrogen) atoms. The van der Waals surface area contributed by atoms with Gasteiger partial charge in [0.15, 0.2) is 0 Å². The van der Waals surface area contributed by atoms with Crippen molar-refractivity contribution in [1.82, 2.24) is 10.3 Å². The summed E-state index contributed by atoms with van der Waals surface area (Å²) in [5.74, 6) is -1.01. The number of nitrogens with one attached hydrogen (secondary N) is 2. The Hall–Kier alpha value is -2.36. The standard InChI is InChI=1S/C8H7N.C4H3NO2/c1-2-4-8-7(3-1)5-6-9-8;6-3-1-2-5-4(3)7/h1-6,9H;1-2H,(H,5,6,7). The zero-order valence-electron chi connectivity index (χ0n) is 8.44. The summed E-state index contributed by atoms with van der Waals surface area (Å²) in [5, 5.41) is 3.48. The summed E-state index contributed by atoms with van der Waals surface area (Å²) in [6.07, 6.45) is 4.47. The zero-order valence-corrected chi connectivity index (χ0v) is 8.44. The number of hydrogen-bond donors (Lipinski definition) is 2. The van der Waals surface area contributed by atoms with Crippen molar-refractivity contribution in [3.05, 3.63) is 48.8 Å². The number of carbonyl (C=O) groups excluding carboxylic acids is 2. The molecule has 0 bridgehead atoms. The number of fused-ring (bicyclic) bond motifs is 1. The molecule has 1 aliphatic rings. The lowest BCUT2D eigenvalue weighted by Gasteiger charge is -1.83. The quantitative estimate of drug-likeness (QED) is 0.650. The highest BCUT2D eigenvalue weighted by Gasteiger charge is 2.12. The number of para-hydroxylation sites is 1. The van der Waals surface area contributed by atoms with Gasteiger partial charge in [-0.2, -0.15) is 0 Å². The molecule has 2 heterocycles. The van der Waals surface area contributed by atoms with Crippen LogP contribution in [0.15, 0.2) is 48.8 Å². The largest absolute Gasteiger partial charge is 0.361 e. The summed E-state index contributed by atoms with van der Waals surface area (Å²) in [7, 11) is 0. The fourth-order valence-electron chi connectivity index (χ4n) is 1.33. The van der Waals surface area contributed by atoms with Gasteiger partial charge in [-0.25, -0.2) is 0 Å². The van der Waals surface area contributed by atoms with Crippen LogP contribution in [0.2, 0.25) is 0 Å². The molecule has 1 amide bonds. The maximum Gasteiger partial charge on any atom is 0.295 e. The second-order valence-electron chi connectivity index (χ2n) is 3.24. The molecule has 0 atom stereocenters. The van der Waals surface area contributed by atoms with Crippen LogP contribution in [0.1, 0.15) is 0 Å². The molecule has 1 aliphatic heterocycles. The normalized spacial score (nSPS) is 13.5. The van der Waals surface area contributed by atoms with Gasteiger partial charge in [0, 0.05) is 24.0 Å². The minimum Gasteiger partial charge on any atom is -0.361 e. The first-order valence-electron chi connectivity index (χ1n) is 4.81. The molecule has 1 aromatic carbocycles. The summed E-state index contributed by atoms with van der Waals surface area (Å²) in [5.41, 5.74) is 1.21. The molecule has 0 unspecified atom stereocenters. The number of benzene rings is 1. The first-order valence-corrected chi connectivity index (χ1v) is 4.81. The van der Waals surface area contributed by atoms with Gasteiger partial charge >= 0.3 is 0 Å². The van der Waals surface area contributed by atoms with Crippen molar-refractivity contribution in [2.45, 2.75) is 0 Å². The lowest BCUT2D eigenvalue weighted by Crippen LogP contribution is -2.17. The molecule has 0 saturated heterocycles. The Morgan fingerprint density at radius 2 is 1.81 bits per heavy atom. The molecular formula is C12H10N2O2. The summed E-state index contributed by atoms with van der Waals surface area (Å²) in [6.45, 7) is 0. The van der Waals surface area contributed by atoms with E-state index in [2.05, 4.69) is 28.5 Å². The number of H-pyrrole nitrogens is 1. The van der Waals surface area contributed by atoms with E-state index in [1.54, 1.807) is 0 Å². The number of rotatable bonds is 0. The second-order valence-corrected chi connectivity index (χ2v) is 3.24. The van der Waals surface area contributed by atoms with E-state index in [9.17, 15) is 9.59 Å². The predicted octanol–water partition coefficient (Wildman–Crippen LogP) is 1.37. The lowest BCUT2D eigenvalue weighted by atomic mass is 10.3. The SMILES string of the molecule is O=C1C=CNC1=O.c1ccc2[nH]ccc2c1. The Labute approximate surface area is 92.0 Å². The van der Waals surface area contributed by atoms with Gasteiger partial charge in [0.05, 0.1) is 0 Å². The van der Waals surface area contributed by atoms with Gasteiger partial charge in [-0.3, -0.25) is 9.59 Å². The average Bonchev–Trinajstić information content (AvgIpc) is 2.89. The van der Waals surface area contributed by atoms with Crippen LogP contribution in [0.25, 0.3) is 10.9 Å². The molecule has 1 aromatic heterocycles. The molecule has 2 aromatic rings. The molecule has 2 N–H and O–H groups in total. The highest BCUT2D eigenvalue weighted by molar-refractivity contribution is 6.42. The van der Waals surface area contributed by atoms with Crippen molar-refractivity contribution >= 4 is 22.6 Å². The van der Waals surface area contributed by atoms with Gasteiger partial charge < -0.3 is 10.3 Å². The third-order valence-electron chi connectivity index (χ3n) is 2.14. The Morgan fingerprint density at radius 1 is 1.00 bits per heavy atom. The number of aromatic nitrogens is 1. The minimum absolute atomic E-state index is 0.472. The van der Waals surface area contributed by atoms with Crippen molar-refractivity contribution in [1.29, 1.82) is 0 Å². The van der Waals surface area contributed by atoms with Crippen molar-refractivity contribution in [2.75, 3.05) is 0 Å². The van der Waals surface area contributed by atoms with Crippen molar-refractivity contribution in [3.63, 3.8) is 0 Å². The van der Waals surface area contributed by atoms with Crippen molar-refractivity contribution in [3.8, 4) is 0 Å². The van der Waals surface area contributed by atoms with Crippen LogP contribution in [0.3, 0.4) is 0 Å². The minimum atomic E-state index is -0.542. The maximum absolute atomic E-state index is 10.1. The molecule has 0 radical (unpaired) electrons. The molecule has 0 saturated carbocycles. The predicted molar refractivity (Wildman–Crippen MR) is 60.6 cm³/mol. The number of amides is 1. The van der Waals surface area contributed by atoms with Crippen LogP contribution in [-0.2, 0) is 9.59 Å². The third-order valence-corrected chi connectivity index (χ3v) is 2.14. The van der Waals surface area contributed by atoms with E-state index >= 15 is 0 Å². The molecule has 4 nitrogen and oxygen atoms in total. The van der Waals surface area contributed by atoms with E-state index in [-0.39, 0.29) is 0 Å². The Balaban J connectivity index is 0.000000125. The smallest absolute Gasteiger partial charge is 0.295 e. The zero-order chi connectivity index (χ0) is 11.4. The molecule has 0 fully saturated rings. The Bertz CT molecular complexity index is 525. The van der Waals surface area contributed by atoms with E-state index in [0.717, 1.165) is 0 Å². The maximum atomic E-state index is 10.1. The molecule has 0 spiro atoms. The average molecular weight is 214 g/mol. The van der Waals surface area contributed by atoms with Gasteiger partial charge in [-0.05, 0) is 17.5 Å². The molecule has 4 heteroatoms. The van der Waals surface area contributed by atoms with Crippen LogP contribution >= 0.6 is 0 Å². The highest BCUT2D eigenvalue weighted by atomic mass is 16.2. The van der Waals surface area contributed by atoms with Crippen LogP contribution < -0.4 is 5.32 Å². The summed E-state index contributed by atoms with van der Waals surface area (Å²) < 4.78 is 0. The van der Waals surface area contributed by atoms with Crippen LogP contribution in [-0.4, -0.2) is 16.7 Å². The van der Waals surface area contributed by atoms with Gasteiger partial charge in [0.2, 0.25) is 5.78 Å². The fraction of sp³-hybridized carbons (Fsp3) is 0. The van der Waals surface area contributed by atoms with E-state index in [1.807, 2.05) is 18.3 Å². The van der Waals surface area contributed by atoms with Crippen molar-refractivity contribution < 1.29 is 9.59 Å². The van der Waals surface area contributed by atoms with E-state index in [0.29, 0.717) is 0 Å². The molecule has 80 valence electrons. The number of carbonyl (C=O) groups is 2. The molecule has 0 aliphatic carbocycles. The summed E-state index contributed by atoms with van der Waals surface area (Å²) in [4.78, 5) is 23.2. The topological polar surface area (TPSA) is 62.0 Å². The highest BCUT2D eigenvalue weighted by Crippen LogP contribution is 2.09. The second kappa shape index (κ2) is 4.44. The van der Waals surface area contributed by atoms with Gasteiger partial charge in [0.1, 0.15) is 0 Å². The van der Waals surface area contributed by atoms with Crippen LogP contribution in [0.4, 0.5) is 0 Å². The summed E-state index contributed by atoms with van der Waals surface area (Å²) >= 11 is 0. The van der Waals surface area contributed by atoms with Crippen LogP contribution in [0.5, 0.6) is 0 Å². The number of ketones is 1. The van der Waals surface area contributed by atoms with E-state index < -0.39 is 11.7 Å². The third kappa shape index (κ3) is 2.17. The van der Waals surface area contributed by atoms with E-state index in [4.69, 9.17) is 0 Å². The fourth-order valence-corrected chi connectivity index (χ4v) is 1.33. The van der Waals surface area contributed by atoms with Crippen LogP contribution in [0, 0.1) is 0 Å². The van der Waals surface area contributed by atoms with Gasteiger partial charge in [0.25, 0.3) is 5.91 Å². The Kier molecular flexibility index (Phi) is 2.82. The monoisotopic (exact) mass is 214 g/mol. The molecule has 3 rings (SSSR count).